The molecule has 104 valence electrons. The van der Waals surface area contributed by atoms with Gasteiger partial charge in [0.05, 0.1) is 11.9 Å². The topological polar surface area (TPSA) is 122 Å². The molecule has 0 aromatic heterocycles. The monoisotopic (exact) mass is 311 g/mol. The van der Waals surface area contributed by atoms with Crippen LogP contribution in [0.4, 0.5) is 11.4 Å². The van der Waals surface area contributed by atoms with E-state index in [1.165, 1.54) is 4.90 Å². The van der Waals surface area contributed by atoms with E-state index in [1.807, 2.05) is 0 Å². The van der Waals surface area contributed by atoms with Crippen molar-refractivity contribution in [2.24, 2.45) is 0 Å². The summed E-state index contributed by atoms with van der Waals surface area (Å²) < 4.78 is 0. The van der Waals surface area contributed by atoms with Crippen LogP contribution in [-0.4, -0.2) is 43.0 Å². The van der Waals surface area contributed by atoms with Crippen LogP contribution in [0.1, 0.15) is 0 Å². The van der Waals surface area contributed by atoms with Crippen LogP contribution < -0.4 is 80.4 Å². The Bertz CT molecular complexity index is 427. The summed E-state index contributed by atoms with van der Waals surface area (Å²) in [6, 6.07) is 7.00. The second-order valence-corrected chi connectivity index (χ2v) is 4.00. The van der Waals surface area contributed by atoms with Crippen molar-refractivity contribution in [2.75, 3.05) is 37.2 Å². The molecule has 3 N–H and O–H groups in total. The third-order valence-corrected chi connectivity index (χ3v) is 2.37. The predicted molar refractivity (Wildman–Crippen MR) is 65.8 cm³/mol. The van der Waals surface area contributed by atoms with Crippen molar-refractivity contribution in [3.05, 3.63) is 24.3 Å². The Kier molecular flexibility index (Phi) is 13.4. The van der Waals surface area contributed by atoms with E-state index in [0.717, 1.165) is 5.69 Å². The van der Waals surface area contributed by atoms with Gasteiger partial charge in [0.1, 0.15) is 0 Å². The second-order valence-electron chi connectivity index (χ2n) is 4.00. The zero-order valence-corrected chi connectivity index (χ0v) is 16.3. The molecule has 0 heterocycles. The number of anilines is 2. The van der Waals surface area contributed by atoms with Crippen LogP contribution in [0.2, 0.25) is 0 Å². The van der Waals surface area contributed by atoms with Crippen LogP contribution in [0, 0.1) is 0 Å². The third kappa shape index (κ3) is 11.0. The molecule has 0 unspecified atom stereocenters. The average molecular weight is 311 g/mol. The molecule has 0 aliphatic carbocycles. The van der Waals surface area contributed by atoms with Crippen molar-refractivity contribution >= 4 is 23.3 Å². The number of rotatable bonds is 8. The first-order valence-electron chi connectivity index (χ1n) is 5.69. The molecule has 21 heavy (non-hydrogen) atoms. The van der Waals surface area contributed by atoms with E-state index >= 15 is 0 Å². The Balaban J connectivity index is 0. The molecule has 0 spiro atoms. The minimum atomic E-state index is -1.33. The van der Waals surface area contributed by atoms with Crippen LogP contribution >= 0.6 is 0 Å². The smallest absolute Gasteiger partial charge is 0.549 e. The normalized spacial score (nSPS) is 9.38. The maximum atomic E-state index is 10.5. The summed E-state index contributed by atoms with van der Waals surface area (Å²) in [7, 11) is 0. The van der Waals surface area contributed by atoms with Gasteiger partial charge in [-0.3, -0.25) is 4.90 Å². The van der Waals surface area contributed by atoms with Gasteiger partial charge in [0.25, 0.3) is 0 Å². The van der Waals surface area contributed by atoms with Crippen LogP contribution in [0.5, 0.6) is 0 Å². The van der Waals surface area contributed by atoms with E-state index in [2.05, 4.69) is 5.32 Å². The van der Waals surface area contributed by atoms with Gasteiger partial charge in [-0.1, -0.05) is 0 Å². The van der Waals surface area contributed by atoms with Crippen molar-refractivity contribution < 1.29 is 78.9 Å². The maximum Gasteiger partial charge on any atom is 1.00 e. The Morgan fingerprint density at radius 1 is 1.05 bits per heavy atom. The second kappa shape index (κ2) is 12.3. The number of nitrogen functional groups attached to an aromatic ring is 1. The molecule has 0 bridgehead atoms. The molecule has 0 saturated carbocycles. The molecule has 1 aromatic rings. The van der Waals surface area contributed by atoms with Crippen LogP contribution in [0.3, 0.4) is 0 Å². The summed E-state index contributed by atoms with van der Waals surface area (Å²) in [6.45, 7) is -0.258. The van der Waals surface area contributed by atoms with E-state index in [-0.39, 0.29) is 65.7 Å². The summed E-state index contributed by atoms with van der Waals surface area (Å²) in [5, 5.41) is 23.9. The number of carbonyl (C=O) groups is 2. The van der Waals surface area contributed by atoms with Crippen molar-refractivity contribution in [3.8, 4) is 0 Å². The Hall–Kier alpha value is -0.280. The van der Waals surface area contributed by atoms with E-state index in [4.69, 9.17) is 5.73 Å². The molecule has 0 amide bonds. The van der Waals surface area contributed by atoms with Gasteiger partial charge >= 0.3 is 59.1 Å². The minimum Gasteiger partial charge on any atom is -0.549 e. The van der Waals surface area contributed by atoms with Gasteiger partial charge < -0.3 is 30.9 Å². The molecule has 0 radical (unpaired) electrons. The van der Waals surface area contributed by atoms with E-state index in [0.29, 0.717) is 12.2 Å². The van der Waals surface area contributed by atoms with E-state index in [1.54, 1.807) is 24.3 Å². The van der Waals surface area contributed by atoms with Gasteiger partial charge in [0.2, 0.25) is 0 Å². The number of nitrogens with zero attached hydrogens (tertiary/aromatic N) is 1. The molecule has 7 nitrogen and oxygen atoms in total. The van der Waals surface area contributed by atoms with Crippen molar-refractivity contribution in [3.63, 3.8) is 0 Å². The first kappa shape index (κ1) is 23.0. The van der Waals surface area contributed by atoms with Gasteiger partial charge in [0.15, 0.2) is 0 Å². The third-order valence-electron chi connectivity index (χ3n) is 2.37. The summed E-state index contributed by atoms with van der Waals surface area (Å²) in [5.41, 5.74) is 6.99. The molecule has 0 aliphatic rings. The van der Waals surface area contributed by atoms with Crippen LogP contribution in [0.15, 0.2) is 24.3 Å². The largest absolute Gasteiger partial charge is 1.00 e. The SMILES string of the molecule is Nc1ccc(NCCN(CC(=O)[O-])CC(=O)[O-])cc1.[Na+].[Na+]. The zero-order chi connectivity index (χ0) is 14.3. The van der Waals surface area contributed by atoms with Gasteiger partial charge in [0, 0.05) is 37.6 Å². The quantitative estimate of drug-likeness (QED) is 0.361. The number of nitrogens with one attached hydrogen (secondary N) is 1. The maximum absolute atomic E-state index is 10.5. The number of carboxylic acids is 2. The molecular formula is C12H15N3Na2O4. The van der Waals surface area contributed by atoms with Crippen molar-refractivity contribution in [2.45, 2.75) is 0 Å². The molecule has 1 aromatic carbocycles. The van der Waals surface area contributed by atoms with Crippen LogP contribution in [0.25, 0.3) is 0 Å². The first-order chi connectivity index (χ1) is 8.97. The Morgan fingerprint density at radius 3 is 1.95 bits per heavy atom. The molecule has 0 fully saturated rings. The van der Waals surface area contributed by atoms with E-state index in [9.17, 15) is 19.8 Å². The van der Waals surface area contributed by atoms with E-state index < -0.39 is 25.0 Å². The molecule has 0 aliphatic heterocycles. The van der Waals surface area contributed by atoms with Gasteiger partial charge in [-0.25, -0.2) is 0 Å². The predicted octanol–water partition coefficient (Wildman–Crippen LogP) is -8.51. The molecule has 0 saturated heterocycles. The fraction of sp³-hybridized carbons (Fsp3) is 0.333. The number of benzene rings is 1. The van der Waals surface area contributed by atoms with Crippen LogP contribution in [-0.2, 0) is 9.59 Å². The first-order valence-corrected chi connectivity index (χ1v) is 5.69. The average Bonchev–Trinajstić information content (AvgIpc) is 2.30. The van der Waals surface area contributed by atoms with Crippen molar-refractivity contribution in [1.82, 2.24) is 4.90 Å². The summed E-state index contributed by atoms with van der Waals surface area (Å²) >= 11 is 0. The molecule has 9 heteroatoms. The summed E-state index contributed by atoms with van der Waals surface area (Å²) in [6.07, 6.45) is 0. The molecule has 0 atom stereocenters. The number of carboxylic acid groups (broad SMARTS) is 2. The molecule has 1 rings (SSSR count). The number of carbonyl (C=O) groups excluding carboxylic acids is 2. The number of nitrogens with two attached hydrogens (primary N) is 1. The fourth-order valence-corrected chi connectivity index (χ4v) is 1.54. The van der Waals surface area contributed by atoms with Gasteiger partial charge in [-0.15, -0.1) is 0 Å². The van der Waals surface area contributed by atoms with Gasteiger partial charge in [-0.05, 0) is 24.3 Å². The Labute approximate surface area is 167 Å². The summed E-state index contributed by atoms with van der Waals surface area (Å²) in [4.78, 5) is 22.1. The minimum absolute atomic E-state index is 0. The number of hydrogen-bond donors (Lipinski definition) is 2. The number of aliphatic carboxylic acids is 2. The zero-order valence-electron chi connectivity index (χ0n) is 12.3. The standard InChI is InChI=1S/C12H17N3O4.2Na/c13-9-1-3-10(4-2-9)14-5-6-15(7-11(16)17)8-12(18)19;;/h1-4,14H,5-8,13H2,(H,16,17)(H,18,19);;/q;2*+1/p-2. The van der Waals surface area contributed by atoms with Crippen molar-refractivity contribution in [1.29, 1.82) is 0 Å². The Morgan fingerprint density at radius 2 is 1.52 bits per heavy atom. The number of hydrogen-bond acceptors (Lipinski definition) is 7. The fourth-order valence-electron chi connectivity index (χ4n) is 1.54. The summed E-state index contributed by atoms with van der Waals surface area (Å²) in [5.74, 6) is -2.65. The van der Waals surface area contributed by atoms with Gasteiger partial charge in [-0.2, -0.15) is 0 Å². The molecular weight excluding hydrogens is 296 g/mol.